The largest absolute Gasteiger partial charge is 0.466 e. The van der Waals surface area contributed by atoms with Gasteiger partial charge in [-0.3, -0.25) is 14.7 Å². The van der Waals surface area contributed by atoms with Crippen LogP contribution in [0.5, 0.6) is 0 Å². The van der Waals surface area contributed by atoms with Crippen LogP contribution < -0.4 is 0 Å². The van der Waals surface area contributed by atoms with Gasteiger partial charge in [-0.2, -0.15) is 0 Å². The van der Waals surface area contributed by atoms with Gasteiger partial charge in [0.15, 0.2) is 0 Å². The molecule has 3 heterocycles. The van der Waals surface area contributed by atoms with Crippen LogP contribution >= 0.6 is 0 Å². The smallest absolute Gasteiger partial charge is 0.310 e. The fraction of sp³-hybridized carbons (Fsp3) is 0.444. The molecule has 0 bridgehead atoms. The molecule has 0 N–H and O–H groups in total. The minimum Gasteiger partial charge on any atom is -0.466 e. The van der Waals surface area contributed by atoms with Crippen LogP contribution in [0.25, 0.3) is 5.69 Å². The van der Waals surface area contributed by atoms with Crippen molar-refractivity contribution in [2.75, 3.05) is 19.7 Å². The maximum absolute atomic E-state index is 12.0. The van der Waals surface area contributed by atoms with E-state index in [9.17, 15) is 4.79 Å². The summed E-state index contributed by atoms with van der Waals surface area (Å²) in [6.07, 6.45) is 7.66. The first-order chi connectivity index (χ1) is 11.3. The molecule has 122 valence electrons. The number of hydrogen-bond acceptors (Lipinski definition) is 4. The highest BCUT2D eigenvalue weighted by Crippen LogP contribution is 2.21. The zero-order chi connectivity index (χ0) is 16.1. The number of nitrogens with zero attached hydrogens (tertiary/aromatic N) is 3. The summed E-state index contributed by atoms with van der Waals surface area (Å²) >= 11 is 0. The molecule has 0 aromatic carbocycles. The summed E-state index contributed by atoms with van der Waals surface area (Å²) in [6.45, 7) is 4.95. The molecule has 0 aliphatic carbocycles. The molecule has 1 aliphatic heterocycles. The molecule has 0 saturated carbocycles. The third-order valence-corrected chi connectivity index (χ3v) is 4.27. The van der Waals surface area contributed by atoms with Gasteiger partial charge in [0.25, 0.3) is 0 Å². The van der Waals surface area contributed by atoms with Crippen LogP contribution in [0, 0.1) is 5.92 Å². The van der Waals surface area contributed by atoms with Crippen molar-refractivity contribution in [1.82, 2.24) is 14.5 Å². The number of carbonyl (C=O) groups excluding carboxylic acids is 1. The van der Waals surface area contributed by atoms with Gasteiger partial charge in [-0.25, -0.2) is 0 Å². The quantitative estimate of drug-likeness (QED) is 0.796. The zero-order valence-electron chi connectivity index (χ0n) is 13.5. The van der Waals surface area contributed by atoms with Gasteiger partial charge in [0, 0.05) is 31.2 Å². The predicted octanol–water partition coefficient (Wildman–Crippen LogP) is 2.65. The van der Waals surface area contributed by atoms with Gasteiger partial charge in [-0.1, -0.05) is 0 Å². The summed E-state index contributed by atoms with van der Waals surface area (Å²) < 4.78 is 7.33. The number of aromatic nitrogens is 2. The molecule has 23 heavy (non-hydrogen) atoms. The molecule has 5 nitrogen and oxygen atoms in total. The van der Waals surface area contributed by atoms with E-state index in [1.807, 2.05) is 25.3 Å². The van der Waals surface area contributed by atoms with E-state index in [1.165, 1.54) is 5.69 Å². The van der Waals surface area contributed by atoms with E-state index >= 15 is 0 Å². The van der Waals surface area contributed by atoms with Crippen molar-refractivity contribution in [3.05, 3.63) is 48.5 Å². The number of piperidine rings is 1. The Morgan fingerprint density at radius 1 is 1.39 bits per heavy atom. The lowest BCUT2D eigenvalue weighted by molar-refractivity contribution is -0.150. The van der Waals surface area contributed by atoms with E-state index in [-0.39, 0.29) is 11.9 Å². The Kier molecular flexibility index (Phi) is 5.08. The summed E-state index contributed by atoms with van der Waals surface area (Å²) in [6, 6.07) is 8.17. The lowest BCUT2D eigenvalue weighted by atomic mass is 9.98. The normalized spacial score (nSPS) is 18.7. The number of pyridine rings is 1. The SMILES string of the molecule is CCOC(=O)C1CCCN(Cc2cccn2-c2cccnc2)C1. The Hall–Kier alpha value is -2.14. The summed E-state index contributed by atoms with van der Waals surface area (Å²) in [5, 5.41) is 0. The van der Waals surface area contributed by atoms with Crippen molar-refractivity contribution in [1.29, 1.82) is 0 Å². The average Bonchev–Trinajstić information content (AvgIpc) is 3.04. The summed E-state index contributed by atoms with van der Waals surface area (Å²) in [4.78, 5) is 18.5. The Labute approximate surface area is 136 Å². The van der Waals surface area contributed by atoms with E-state index in [2.05, 4.69) is 32.8 Å². The molecule has 0 radical (unpaired) electrons. The molecule has 2 aromatic rings. The van der Waals surface area contributed by atoms with Gasteiger partial charge in [-0.15, -0.1) is 0 Å². The molecule has 3 rings (SSSR count). The van der Waals surface area contributed by atoms with E-state index in [0.717, 1.165) is 38.2 Å². The maximum atomic E-state index is 12.0. The van der Waals surface area contributed by atoms with Crippen LogP contribution in [0.4, 0.5) is 0 Å². The van der Waals surface area contributed by atoms with Crippen molar-refractivity contribution in [3.8, 4) is 5.69 Å². The minimum atomic E-state index is -0.0557. The fourth-order valence-corrected chi connectivity index (χ4v) is 3.17. The lowest BCUT2D eigenvalue weighted by Crippen LogP contribution is -2.39. The monoisotopic (exact) mass is 313 g/mol. The molecule has 2 aromatic heterocycles. The van der Waals surface area contributed by atoms with Crippen molar-refractivity contribution >= 4 is 5.97 Å². The maximum Gasteiger partial charge on any atom is 0.310 e. The molecule has 1 fully saturated rings. The second-order valence-corrected chi connectivity index (χ2v) is 5.91. The second-order valence-electron chi connectivity index (χ2n) is 5.91. The Balaban J connectivity index is 1.68. The molecular formula is C18H23N3O2. The first-order valence-electron chi connectivity index (χ1n) is 8.23. The second kappa shape index (κ2) is 7.42. The molecule has 5 heteroatoms. The molecular weight excluding hydrogens is 290 g/mol. The standard InChI is InChI=1S/C18H23N3O2/c1-2-23-18(22)15-6-4-10-20(13-15)14-17-8-5-11-21(17)16-7-3-9-19-12-16/h3,5,7-9,11-12,15H,2,4,6,10,13-14H2,1H3. The third-order valence-electron chi connectivity index (χ3n) is 4.27. The molecule has 1 aliphatic rings. The number of likely N-dealkylation sites (tertiary alicyclic amines) is 1. The highest BCUT2D eigenvalue weighted by Gasteiger charge is 2.27. The van der Waals surface area contributed by atoms with Gasteiger partial charge in [-0.05, 0) is 50.6 Å². The number of esters is 1. The van der Waals surface area contributed by atoms with Gasteiger partial charge in [0.2, 0.25) is 0 Å². The van der Waals surface area contributed by atoms with Crippen molar-refractivity contribution in [2.24, 2.45) is 5.92 Å². The summed E-state index contributed by atoms with van der Waals surface area (Å²) in [5.41, 5.74) is 2.27. The number of hydrogen-bond donors (Lipinski definition) is 0. The van der Waals surface area contributed by atoms with E-state index in [4.69, 9.17) is 4.74 Å². The van der Waals surface area contributed by atoms with Crippen LogP contribution in [-0.2, 0) is 16.1 Å². The molecule has 1 atom stereocenters. The van der Waals surface area contributed by atoms with Crippen LogP contribution in [0.15, 0.2) is 42.9 Å². The summed E-state index contributed by atoms with van der Waals surface area (Å²) in [5.74, 6) is -0.0506. The number of rotatable bonds is 5. The van der Waals surface area contributed by atoms with Gasteiger partial charge in [0.1, 0.15) is 0 Å². The van der Waals surface area contributed by atoms with Crippen LogP contribution in [0.3, 0.4) is 0 Å². The van der Waals surface area contributed by atoms with Crippen LogP contribution in [-0.4, -0.2) is 40.1 Å². The lowest BCUT2D eigenvalue weighted by Gasteiger charge is -2.31. The van der Waals surface area contributed by atoms with Crippen molar-refractivity contribution in [2.45, 2.75) is 26.3 Å². The van der Waals surface area contributed by atoms with E-state index < -0.39 is 0 Å². The summed E-state index contributed by atoms with van der Waals surface area (Å²) in [7, 11) is 0. The minimum absolute atomic E-state index is 0.00510. The Morgan fingerprint density at radius 3 is 3.09 bits per heavy atom. The van der Waals surface area contributed by atoms with Crippen molar-refractivity contribution < 1.29 is 9.53 Å². The van der Waals surface area contributed by atoms with Gasteiger partial charge >= 0.3 is 5.97 Å². The number of ether oxygens (including phenoxy) is 1. The fourth-order valence-electron chi connectivity index (χ4n) is 3.17. The average molecular weight is 313 g/mol. The first kappa shape index (κ1) is 15.7. The van der Waals surface area contributed by atoms with E-state index in [1.54, 1.807) is 6.20 Å². The molecule has 1 saturated heterocycles. The molecule has 0 spiro atoms. The van der Waals surface area contributed by atoms with Crippen LogP contribution in [0.2, 0.25) is 0 Å². The predicted molar refractivity (Wildman–Crippen MR) is 88.2 cm³/mol. The topological polar surface area (TPSA) is 47.4 Å². The highest BCUT2D eigenvalue weighted by molar-refractivity contribution is 5.72. The van der Waals surface area contributed by atoms with Crippen molar-refractivity contribution in [3.63, 3.8) is 0 Å². The number of carbonyl (C=O) groups is 1. The highest BCUT2D eigenvalue weighted by atomic mass is 16.5. The molecule has 0 amide bonds. The first-order valence-corrected chi connectivity index (χ1v) is 8.23. The molecule has 1 unspecified atom stereocenters. The Bertz CT molecular complexity index is 639. The van der Waals surface area contributed by atoms with E-state index in [0.29, 0.717) is 6.61 Å². The van der Waals surface area contributed by atoms with Gasteiger partial charge < -0.3 is 9.30 Å². The zero-order valence-corrected chi connectivity index (χ0v) is 13.5. The Morgan fingerprint density at radius 2 is 2.30 bits per heavy atom. The third kappa shape index (κ3) is 3.79. The van der Waals surface area contributed by atoms with Gasteiger partial charge in [0.05, 0.1) is 24.4 Å². The van der Waals surface area contributed by atoms with Crippen LogP contribution in [0.1, 0.15) is 25.5 Å².